The van der Waals surface area contributed by atoms with E-state index in [1.54, 1.807) is 9.80 Å². The largest absolute Gasteiger partial charge is 0.860 e. The number of hydrogen-bond acceptors (Lipinski definition) is 3. The van der Waals surface area contributed by atoms with Crippen molar-refractivity contribution in [2.75, 3.05) is 39.3 Å². The van der Waals surface area contributed by atoms with Crippen molar-refractivity contribution in [1.82, 2.24) is 0 Å². The Morgan fingerprint density at radius 2 is 0.743 bits per heavy atom. The molecule has 0 atom stereocenters. The van der Waals surface area contributed by atoms with Gasteiger partial charge in [0.05, 0.1) is 39.3 Å². The van der Waals surface area contributed by atoms with Crippen LogP contribution in [-0.2, 0) is 0 Å². The lowest BCUT2D eigenvalue weighted by Gasteiger charge is -2.27. The summed E-state index contributed by atoms with van der Waals surface area (Å²) < 4.78 is 65.9. The molecule has 5 nitrogen and oxygen atoms in total. The number of benzene rings is 1. The molecule has 2 N–H and O–H groups in total. The highest BCUT2D eigenvalue weighted by molar-refractivity contribution is 6.29. The number of rotatable bonds is 14. The van der Waals surface area contributed by atoms with Gasteiger partial charge in [-0.3, -0.25) is 0 Å². The summed E-state index contributed by atoms with van der Waals surface area (Å²) in [5, 5.41) is 19.7. The minimum Gasteiger partial charge on any atom is -0.860 e. The molecule has 0 aliphatic heterocycles. The third-order valence-electron chi connectivity index (χ3n) is 5.00. The molecule has 0 spiro atoms. The highest BCUT2D eigenvalue weighted by Crippen LogP contribution is 2.28. The first kappa shape index (κ1) is 35.7. The summed E-state index contributed by atoms with van der Waals surface area (Å²) in [6, 6.07) is 0. The molecule has 1 aromatic rings. The maximum atomic E-state index is 12.6. The maximum Gasteiger partial charge on any atom is 0.205 e. The molecule has 0 fully saturated rings. The Morgan fingerprint density at radius 3 is 0.943 bits per heavy atom. The number of hydrogen-bond donors (Lipinski definition) is 2. The van der Waals surface area contributed by atoms with Crippen LogP contribution in [0.4, 0.5) is 22.0 Å². The normalized spacial score (nSPS) is 10.6. The third-order valence-corrected chi connectivity index (χ3v) is 5.00. The van der Waals surface area contributed by atoms with E-state index in [0.717, 1.165) is 0 Å². The van der Waals surface area contributed by atoms with Crippen LogP contribution in [-0.4, -0.2) is 46.6 Å². The molecule has 11 heteroatoms. The molecule has 206 valence electrons. The number of quaternary nitrogens is 2. The maximum absolute atomic E-state index is 12.6. The van der Waals surface area contributed by atoms with Crippen LogP contribution in [0.15, 0.2) is 0 Å². The van der Waals surface area contributed by atoms with Gasteiger partial charge in [0, 0.05) is 0 Å². The molecule has 0 unspecified atom stereocenters. The average molecular weight is 514 g/mol. The molecule has 0 heterocycles. The molecule has 1 rings (SSSR count). The van der Waals surface area contributed by atoms with Crippen molar-refractivity contribution < 1.29 is 46.5 Å². The van der Waals surface area contributed by atoms with Gasteiger partial charge in [-0.05, 0) is 38.5 Å². The highest BCUT2D eigenvalue weighted by atomic mass is 19.2. The summed E-state index contributed by atoms with van der Waals surface area (Å²) in [4.78, 5) is 3.57. The Bertz CT molecular complexity index is 597. The zero-order valence-electron chi connectivity index (χ0n) is 22.2. The fourth-order valence-corrected chi connectivity index (χ4v) is 3.66. The SMILES string of the molecule is CCC[NH+](CCC)CCC.CCC[NH+](CCC)CCC.[O-]B([O-])Oc1c(F)c(F)c(F)c(F)c1F. The van der Waals surface area contributed by atoms with Crippen molar-refractivity contribution >= 4 is 7.32 Å². The fourth-order valence-electron chi connectivity index (χ4n) is 3.66. The second kappa shape index (κ2) is 21.8. The zero-order valence-corrected chi connectivity index (χ0v) is 22.2. The van der Waals surface area contributed by atoms with E-state index in [9.17, 15) is 32.0 Å². The lowest BCUT2D eigenvalue weighted by molar-refractivity contribution is -0.900. The molecule has 0 radical (unpaired) electrons. The molecule has 0 aliphatic carbocycles. The van der Waals surface area contributed by atoms with Crippen LogP contribution in [0.5, 0.6) is 5.75 Å². The quantitative estimate of drug-likeness (QED) is 0.172. The summed E-state index contributed by atoms with van der Waals surface area (Å²) in [7, 11) is -3.20. The fraction of sp³-hybridized carbons (Fsp3) is 0.750. The van der Waals surface area contributed by atoms with Gasteiger partial charge in [0.25, 0.3) is 0 Å². The Morgan fingerprint density at radius 1 is 0.514 bits per heavy atom. The van der Waals surface area contributed by atoms with E-state index in [0.29, 0.717) is 0 Å². The molecule has 1 aromatic carbocycles. The number of halogens is 5. The monoisotopic (exact) mass is 514 g/mol. The first-order chi connectivity index (χ1) is 16.6. The molecule has 0 aromatic heterocycles. The van der Waals surface area contributed by atoms with Gasteiger partial charge in [-0.2, -0.15) is 8.78 Å². The van der Waals surface area contributed by atoms with E-state index < -0.39 is 42.2 Å². The second-order valence-corrected chi connectivity index (χ2v) is 8.31. The van der Waals surface area contributed by atoms with Crippen LogP contribution < -0.4 is 24.5 Å². The minimum absolute atomic E-state index is 1.33. The van der Waals surface area contributed by atoms with Crippen molar-refractivity contribution in [3.05, 3.63) is 29.1 Å². The standard InChI is InChI=1S/2C9H21N.C6BF5O3/c2*1-4-7-10(8-5-2)9-6-3;8-1-2(9)4(11)6(15-7(13)14)5(12)3(1)10/h2*4-9H2,1-3H3;/q;;-2/p+2. The van der Waals surface area contributed by atoms with E-state index in [1.807, 2.05) is 0 Å². The minimum atomic E-state index is -3.20. The topological polar surface area (TPSA) is 64.2 Å². The van der Waals surface area contributed by atoms with Crippen molar-refractivity contribution in [3.8, 4) is 5.75 Å². The van der Waals surface area contributed by atoms with Crippen LogP contribution in [0.25, 0.3) is 0 Å². The highest BCUT2D eigenvalue weighted by Gasteiger charge is 2.26. The van der Waals surface area contributed by atoms with Gasteiger partial charge in [-0.15, -0.1) is 0 Å². The summed E-state index contributed by atoms with van der Waals surface area (Å²) in [5.74, 6) is -13.6. The Hall–Kier alpha value is -1.43. The molecule has 0 amide bonds. The van der Waals surface area contributed by atoms with Crippen molar-refractivity contribution in [2.45, 2.75) is 80.1 Å². The first-order valence-electron chi connectivity index (χ1n) is 12.7. The van der Waals surface area contributed by atoms with Crippen LogP contribution in [0.2, 0.25) is 0 Å². The first-order valence-corrected chi connectivity index (χ1v) is 12.7. The van der Waals surface area contributed by atoms with Gasteiger partial charge in [0.2, 0.25) is 29.1 Å². The molecule has 0 saturated heterocycles. The van der Waals surface area contributed by atoms with E-state index >= 15 is 0 Å². The predicted octanol–water partition coefficient (Wildman–Crippen LogP) is 1.67. The summed E-state index contributed by atoms with van der Waals surface area (Å²) in [5.41, 5.74) is 0. The van der Waals surface area contributed by atoms with E-state index in [4.69, 9.17) is 0 Å². The zero-order chi connectivity index (χ0) is 27.4. The van der Waals surface area contributed by atoms with Crippen LogP contribution in [0.3, 0.4) is 0 Å². The van der Waals surface area contributed by atoms with Gasteiger partial charge in [0.15, 0.2) is 5.75 Å². The van der Waals surface area contributed by atoms with E-state index in [1.165, 1.54) is 77.8 Å². The molecule has 35 heavy (non-hydrogen) atoms. The van der Waals surface area contributed by atoms with Crippen molar-refractivity contribution in [3.63, 3.8) is 0 Å². The van der Waals surface area contributed by atoms with E-state index in [-0.39, 0.29) is 0 Å². The van der Waals surface area contributed by atoms with Gasteiger partial charge >= 0.3 is 0 Å². The smallest absolute Gasteiger partial charge is 0.205 e. The Balaban J connectivity index is 0. The van der Waals surface area contributed by atoms with Crippen LogP contribution in [0.1, 0.15) is 80.1 Å². The number of nitrogens with one attached hydrogen (secondary N) is 2. The summed E-state index contributed by atoms with van der Waals surface area (Å²) in [6.45, 7) is 21.8. The van der Waals surface area contributed by atoms with Gasteiger partial charge < -0.3 is 24.5 Å². The van der Waals surface area contributed by atoms with Gasteiger partial charge in [-0.1, -0.05) is 41.5 Å². The van der Waals surface area contributed by atoms with Crippen molar-refractivity contribution in [2.24, 2.45) is 0 Å². The second-order valence-electron chi connectivity index (χ2n) is 8.31. The third kappa shape index (κ3) is 15.3. The van der Waals surface area contributed by atoms with Crippen molar-refractivity contribution in [1.29, 1.82) is 0 Å². The molecular weight excluding hydrogens is 470 g/mol. The summed E-state index contributed by atoms with van der Waals surface area (Å²) >= 11 is 0. The van der Waals surface area contributed by atoms with E-state index in [2.05, 4.69) is 46.2 Å². The summed E-state index contributed by atoms with van der Waals surface area (Å²) in [6.07, 6.45) is 7.97. The Labute approximate surface area is 208 Å². The average Bonchev–Trinajstić information content (AvgIpc) is 2.81. The Kier molecular flexibility index (Phi) is 22.3. The van der Waals surface area contributed by atoms with Crippen LogP contribution >= 0.6 is 0 Å². The molecule has 0 saturated carbocycles. The lowest BCUT2D eigenvalue weighted by Crippen LogP contribution is -3.11. The molecular formula is C24H44BF5N2O3. The van der Waals surface area contributed by atoms with Gasteiger partial charge in [-0.25, -0.2) is 13.2 Å². The predicted molar refractivity (Wildman–Crippen MR) is 125 cm³/mol. The molecule has 0 bridgehead atoms. The van der Waals surface area contributed by atoms with Gasteiger partial charge in [0.1, 0.15) is 7.32 Å². The lowest BCUT2D eigenvalue weighted by atomic mass is 10.2. The van der Waals surface area contributed by atoms with Crippen LogP contribution in [0, 0.1) is 29.1 Å². The molecule has 0 aliphatic rings.